The molecule has 2 aromatic heterocycles. The van der Waals surface area contributed by atoms with E-state index >= 15 is 0 Å². The number of nitrogens with one attached hydrogen (secondary N) is 1. The van der Waals surface area contributed by atoms with Gasteiger partial charge in [0.15, 0.2) is 0 Å². The molecule has 1 N–H and O–H groups in total. The molecule has 1 aromatic carbocycles. The van der Waals surface area contributed by atoms with Gasteiger partial charge in [0.2, 0.25) is 5.91 Å². The van der Waals surface area contributed by atoms with Crippen molar-refractivity contribution in [3.63, 3.8) is 0 Å². The maximum absolute atomic E-state index is 13.0. The molecule has 1 atom stereocenters. The number of nitrogens with zero attached hydrogens (tertiary/aromatic N) is 2. The van der Waals surface area contributed by atoms with E-state index in [0.717, 1.165) is 21.3 Å². The Hall–Kier alpha value is -2.29. The van der Waals surface area contributed by atoms with Crippen molar-refractivity contribution in [2.75, 3.05) is 18.4 Å². The molecule has 6 nitrogen and oxygen atoms in total. The summed E-state index contributed by atoms with van der Waals surface area (Å²) in [6, 6.07) is 11.0. The number of sulfonamides is 1. The van der Waals surface area contributed by atoms with E-state index in [9.17, 15) is 13.2 Å². The maximum Gasteiger partial charge on any atom is 0.252 e. The number of thiophene rings is 1. The van der Waals surface area contributed by atoms with E-state index < -0.39 is 10.0 Å². The number of aryl methyl sites for hydroxylation is 2. The van der Waals surface area contributed by atoms with Crippen LogP contribution in [0.4, 0.5) is 5.69 Å². The van der Waals surface area contributed by atoms with E-state index in [0.29, 0.717) is 29.3 Å². The van der Waals surface area contributed by atoms with Crippen LogP contribution in [-0.4, -0.2) is 36.7 Å². The van der Waals surface area contributed by atoms with Gasteiger partial charge in [0.25, 0.3) is 10.0 Å². The van der Waals surface area contributed by atoms with Gasteiger partial charge in [-0.2, -0.15) is 4.31 Å². The number of anilines is 1. The first-order chi connectivity index (χ1) is 13.9. The van der Waals surface area contributed by atoms with E-state index in [1.807, 2.05) is 44.2 Å². The minimum atomic E-state index is -3.56. The van der Waals surface area contributed by atoms with Gasteiger partial charge in [-0.15, -0.1) is 11.3 Å². The number of hydrogen-bond donors (Lipinski definition) is 1. The van der Waals surface area contributed by atoms with Crippen molar-refractivity contribution in [3.8, 4) is 0 Å². The lowest BCUT2D eigenvalue weighted by Gasteiger charge is -2.30. The zero-order valence-corrected chi connectivity index (χ0v) is 18.0. The highest BCUT2D eigenvalue weighted by atomic mass is 32.2. The molecule has 1 fully saturated rings. The number of rotatable bonds is 4. The van der Waals surface area contributed by atoms with Crippen LogP contribution in [0.15, 0.2) is 46.8 Å². The highest BCUT2D eigenvalue weighted by Gasteiger charge is 2.34. The fourth-order valence-electron chi connectivity index (χ4n) is 3.71. The molecule has 3 aromatic rings. The van der Waals surface area contributed by atoms with Crippen LogP contribution in [0.1, 0.15) is 23.3 Å². The number of amides is 1. The Kier molecular flexibility index (Phi) is 5.42. The first-order valence-electron chi connectivity index (χ1n) is 9.58. The van der Waals surface area contributed by atoms with Crippen LogP contribution in [0.5, 0.6) is 0 Å². The van der Waals surface area contributed by atoms with Crippen molar-refractivity contribution < 1.29 is 13.2 Å². The molecular weight excluding hydrogens is 406 g/mol. The molecule has 29 heavy (non-hydrogen) atoms. The number of piperidine rings is 1. The molecule has 0 saturated carbocycles. The van der Waals surface area contributed by atoms with Gasteiger partial charge in [-0.3, -0.25) is 9.78 Å². The molecule has 3 heterocycles. The summed E-state index contributed by atoms with van der Waals surface area (Å²) in [7, 11) is -3.56. The van der Waals surface area contributed by atoms with Gasteiger partial charge >= 0.3 is 0 Å². The van der Waals surface area contributed by atoms with Crippen molar-refractivity contribution in [1.29, 1.82) is 0 Å². The summed E-state index contributed by atoms with van der Waals surface area (Å²) in [5.74, 6) is -0.533. The SMILES string of the molecule is Cc1ccc(S(=O)(=O)N2CCC[C@H](C(=O)Nc3ccc(C)c4ncccc34)C2)s1. The Morgan fingerprint density at radius 3 is 2.79 bits per heavy atom. The molecule has 0 spiro atoms. The van der Waals surface area contributed by atoms with Gasteiger partial charge in [-0.25, -0.2) is 8.42 Å². The van der Waals surface area contributed by atoms with E-state index in [4.69, 9.17) is 0 Å². The largest absolute Gasteiger partial charge is 0.325 e. The normalized spacial score (nSPS) is 18.1. The van der Waals surface area contributed by atoms with Gasteiger partial charge in [0, 0.05) is 29.5 Å². The quantitative estimate of drug-likeness (QED) is 0.681. The van der Waals surface area contributed by atoms with E-state index in [2.05, 4.69) is 10.3 Å². The highest BCUT2D eigenvalue weighted by molar-refractivity contribution is 7.91. The Morgan fingerprint density at radius 1 is 1.21 bits per heavy atom. The summed E-state index contributed by atoms with van der Waals surface area (Å²) in [4.78, 5) is 18.3. The van der Waals surface area contributed by atoms with Crippen molar-refractivity contribution in [2.45, 2.75) is 30.9 Å². The lowest BCUT2D eigenvalue weighted by Crippen LogP contribution is -2.43. The van der Waals surface area contributed by atoms with Crippen molar-refractivity contribution >= 4 is 43.9 Å². The van der Waals surface area contributed by atoms with Gasteiger partial charge < -0.3 is 5.32 Å². The maximum atomic E-state index is 13.0. The summed E-state index contributed by atoms with van der Waals surface area (Å²) in [5, 5.41) is 3.88. The number of benzene rings is 1. The van der Waals surface area contributed by atoms with Gasteiger partial charge in [0.05, 0.1) is 17.1 Å². The second kappa shape index (κ2) is 7.85. The van der Waals surface area contributed by atoms with Crippen molar-refractivity contribution in [2.24, 2.45) is 5.92 Å². The number of hydrogen-bond acceptors (Lipinski definition) is 5. The Balaban J connectivity index is 1.53. The van der Waals surface area contributed by atoms with Crippen molar-refractivity contribution in [3.05, 3.63) is 53.0 Å². The van der Waals surface area contributed by atoms with E-state index in [1.54, 1.807) is 12.3 Å². The Bertz CT molecular complexity index is 1170. The Morgan fingerprint density at radius 2 is 2.03 bits per heavy atom. The molecule has 4 rings (SSSR count). The number of carbonyl (C=O) groups excluding carboxylic acids is 1. The number of carbonyl (C=O) groups is 1. The molecule has 0 unspecified atom stereocenters. The van der Waals surface area contributed by atoms with Crippen molar-refractivity contribution in [1.82, 2.24) is 9.29 Å². The molecule has 1 aliphatic rings. The standard InChI is InChI=1S/C21H23N3O3S2/c1-14-7-9-18(17-6-3-11-22-20(14)17)23-21(25)16-5-4-12-24(13-16)29(26,27)19-10-8-15(2)28-19/h3,6-11,16H,4-5,12-13H2,1-2H3,(H,23,25)/t16-/m0/s1. The van der Waals surface area contributed by atoms with Crippen LogP contribution in [0.2, 0.25) is 0 Å². The molecular formula is C21H23N3O3S2. The van der Waals surface area contributed by atoms with Gasteiger partial charge in [-0.1, -0.05) is 6.07 Å². The third-order valence-corrected chi connectivity index (χ3v) is 8.63. The van der Waals surface area contributed by atoms with Crippen LogP contribution >= 0.6 is 11.3 Å². The van der Waals surface area contributed by atoms with Crippen LogP contribution in [0.3, 0.4) is 0 Å². The zero-order valence-electron chi connectivity index (χ0n) is 16.4. The fourth-order valence-corrected chi connectivity index (χ4v) is 6.67. The van der Waals surface area contributed by atoms with Crippen LogP contribution in [0.25, 0.3) is 10.9 Å². The second-order valence-electron chi connectivity index (χ2n) is 7.39. The number of aromatic nitrogens is 1. The van der Waals surface area contributed by atoms with E-state index in [-0.39, 0.29) is 18.4 Å². The van der Waals surface area contributed by atoms with Gasteiger partial charge in [0.1, 0.15) is 4.21 Å². The number of pyridine rings is 1. The lowest BCUT2D eigenvalue weighted by molar-refractivity contribution is -0.120. The highest BCUT2D eigenvalue weighted by Crippen LogP contribution is 2.30. The molecule has 1 saturated heterocycles. The van der Waals surface area contributed by atoms with Gasteiger partial charge in [-0.05, 0) is 62.6 Å². The van der Waals surface area contributed by atoms with Crippen LogP contribution in [0, 0.1) is 19.8 Å². The second-order valence-corrected chi connectivity index (χ2v) is 10.8. The average Bonchev–Trinajstić information content (AvgIpc) is 3.17. The first-order valence-corrected chi connectivity index (χ1v) is 11.8. The zero-order chi connectivity index (χ0) is 20.6. The van der Waals surface area contributed by atoms with Crippen LogP contribution < -0.4 is 5.32 Å². The summed E-state index contributed by atoms with van der Waals surface area (Å²) < 4.78 is 27.7. The molecule has 152 valence electrons. The minimum absolute atomic E-state index is 0.152. The molecule has 0 bridgehead atoms. The Labute approximate surface area is 174 Å². The third-order valence-electron chi connectivity index (χ3n) is 5.29. The molecule has 0 aliphatic carbocycles. The molecule has 0 radical (unpaired) electrons. The molecule has 1 amide bonds. The summed E-state index contributed by atoms with van der Waals surface area (Å²) in [6.45, 7) is 4.52. The predicted octanol–water partition coefficient (Wildman–Crippen LogP) is 3.95. The summed E-state index contributed by atoms with van der Waals surface area (Å²) >= 11 is 1.27. The lowest BCUT2D eigenvalue weighted by atomic mass is 9.98. The summed E-state index contributed by atoms with van der Waals surface area (Å²) in [6.07, 6.45) is 3.07. The summed E-state index contributed by atoms with van der Waals surface area (Å²) in [5.41, 5.74) is 2.60. The topological polar surface area (TPSA) is 79.4 Å². The molecule has 8 heteroatoms. The van der Waals surface area contributed by atoms with Crippen LogP contribution in [-0.2, 0) is 14.8 Å². The average molecular weight is 430 g/mol. The van der Waals surface area contributed by atoms with E-state index in [1.165, 1.54) is 15.6 Å². The first kappa shape index (κ1) is 20.0. The molecule has 1 aliphatic heterocycles. The monoisotopic (exact) mass is 429 g/mol. The smallest absolute Gasteiger partial charge is 0.252 e. The fraction of sp³-hybridized carbons (Fsp3) is 0.333. The minimum Gasteiger partial charge on any atom is -0.325 e. The number of fused-ring (bicyclic) bond motifs is 1. The third kappa shape index (κ3) is 3.92. The predicted molar refractivity (Wildman–Crippen MR) is 116 cm³/mol.